The molecule has 1 unspecified atom stereocenters. The van der Waals surface area contributed by atoms with Gasteiger partial charge in [0.05, 0.1) is 29.7 Å². The van der Waals surface area contributed by atoms with E-state index in [2.05, 4.69) is 10.2 Å². The van der Waals surface area contributed by atoms with Crippen molar-refractivity contribution in [2.75, 3.05) is 37.7 Å². The Balaban J connectivity index is 0.000000383. The third kappa shape index (κ3) is 4.67. The summed E-state index contributed by atoms with van der Waals surface area (Å²) in [6.45, 7) is 3.34. The summed E-state index contributed by atoms with van der Waals surface area (Å²) in [5.41, 5.74) is 2.92. The fraction of sp³-hybridized carbons (Fsp3) is 0.522. The van der Waals surface area contributed by atoms with E-state index in [0.29, 0.717) is 29.7 Å². The molecule has 30 heavy (non-hydrogen) atoms. The molecule has 0 radical (unpaired) electrons. The number of thiophene rings is 1. The van der Waals surface area contributed by atoms with E-state index in [0.717, 1.165) is 34.8 Å². The number of amides is 1. The first kappa shape index (κ1) is 21.6. The molecule has 5 nitrogen and oxygen atoms in total. The van der Waals surface area contributed by atoms with Gasteiger partial charge in [-0.3, -0.25) is 4.79 Å². The number of aliphatic hydroxyl groups excluding tert-OH is 1. The second kappa shape index (κ2) is 10.1. The minimum Gasteiger partial charge on any atom is -0.392 e. The van der Waals surface area contributed by atoms with E-state index in [-0.39, 0.29) is 18.4 Å². The molecular formula is C23H29ClN2O3S. The van der Waals surface area contributed by atoms with Crippen LogP contribution in [0.2, 0.25) is 5.02 Å². The van der Waals surface area contributed by atoms with Crippen LogP contribution < -0.4 is 10.2 Å². The molecule has 3 aliphatic rings. The summed E-state index contributed by atoms with van der Waals surface area (Å²) in [5, 5.41) is 14.7. The van der Waals surface area contributed by atoms with Crippen LogP contribution in [-0.2, 0) is 11.3 Å². The van der Waals surface area contributed by atoms with Crippen molar-refractivity contribution in [2.45, 2.75) is 44.6 Å². The number of fused-ring (bicyclic) bond motifs is 1. The number of halogens is 1. The van der Waals surface area contributed by atoms with Gasteiger partial charge in [0.15, 0.2) is 0 Å². The van der Waals surface area contributed by atoms with Gasteiger partial charge in [0.25, 0.3) is 5.91 Å². The summed E-state index contributed by atoms with van der Waals surface area (Å²) in [4.78, 5) is 15.4. The minimum atomic E-state index is -0.0735. The Labute approximate surface area is 187 Å². The molecule has 0 spiro atoms. The third-order valence-corrected chi connectivity index (χ3v) is 7.59. The lowest BCUT2D eigenvalue weighted by Gasteiger charge is -2.29. The van der Waals surface area contributed by atoms with Crippen molar-refractivity contribution >= 4 is 33.8 Å². The number of aliphatic hydroxyl groups is 1. The molecule has 2 aromatic rings. The van der Waals surface area contributed by atoms with Gasteiger partial charge in [0.2, 0.25) is 0 Å². The number of anilines is 1. The van der Waals surface area contributed by atoms with Crippen molar-refractivity contribution in [3.05, 3.63) is 50.9 Å². The van der Waals surface area contributed by atoms with Crippen molar-refractivity contribution in [3.63, 3.8) is 0 Å². The Kier molecular flexibility index (Phi) is 7.31. The Morgan fingerprint density at radius 1 is 1.10 bits per heavy atom. The lowest BCUT2D eigenvalue weighted by atomic mass is 9.86. The molecular weight excluding hydrogens is 420 g/mol. The van der Waals surface area contributed by atoms with E-state index >= 15 is 0 Å². The van der Waals surface area contributed by atoms with E-state index in [4.69, 9.17) is 16.3 Å². The Morgan fingerprint density at radius 3 is 2.33 bits per heavy atom. The van der Waals surface area contributed by atoms with Crippen LogP contribution in [0.3, 0.4) is 0 Å². The van der Waals surface area contributed by atoms with Crippen LogP contribution >= 0.6 is 22.9 Å². The Morgan fingerprint density at radius 2 is 1.73 bits per heavy atom. The number of nitrogens with one attached hydrogen (secondary N) is 1. The molecule has 1 amide bonds. The quantitative estimate of drug-likeness (QED) is 0.722. The minimum absolute atomic E-state index is 0.0261. The lowest BCUT2D eigenvalue weighted by molar-refractivity contribution is 0.0947. The highest BCUT2D eigenvalue weighted by Crippen LogP contribution is 2.44. The van der Waals surface area contributed by atoms with E-state index < -0.39 is 0 Å². The van der Waals surface area contributed by atoms with Crippen LogP contribution in [-0.4, -0.2) is 43.9 Å². The number of nitrogens with zero attached hydrogens (tertiary/aromatic N) is 1. The summed E-state index contributed by atoms with van der Waals surface area (Å²) in [5.74, 6) is -0.0300. The molecule has 1 aromatic heterocycles. The monoisotopic (exact) mass is 448 g/mol. The topological polar surface area (TPSA) is 61.8 Å². The summed E-state index contributed by atoms with van der Waals surface area (Å²) < 4.78 is 5.43. The maximum Gasteiger partial charge on any atom is 0.261 e. The fourth-order valence-electron chi connectivity index (χ4n) is 4.42. The average Bonchev–Trinajstić information content (AvgIpc) is 3.48. The average molecular weight is 449 g/mol. The number of rotatable bonds is 3. The van der Waals surface area contributed by atoms with E-state index in [9.17, 15) is 9.90 Å². The maximum absolute atomic E-state index is 12.4. The molecule has 1 aliphatic carbocycles. The molecule has 2 N–H and O–H groups in total. The van der Waals surface area contributed by atoms with Gasteiger partial charge in [-0.25, -0.2) is 0 Å². The molecule has 162 valence electrons. The zero-order valence-electron chi connectivity index (χ0n) is 17.2. The number of hydrogen-bond donors (Lipinski definition) is 2. The van der Waals surface area contributed by atoms with Crippen LogP contribution in [0.25, 0.3) is 0 Å². The Bertz CT molecular complexity index is 850. The van der Waals surface area contributed by atoms with Crippen molar-refractivity contribution < 1.29 is 14.6 Å². The van der Waals surface area contributed by atoms with E-state index in [1.165, 1.54) is 43.4 Å². The molecule has 0 bridgehead atoms. The zero-order valence-corrected chi connectivity index (χ0v) is 18.7. The number of hydrogen-bond acceptors (Lipinski definition) is 5. The highest BCUT2D eigenvalue weighted by molar-refractivity contribution is 7.18. The van der Waals surface area contributed by atoms with Crippen LogP contribution in [0.4, 0.5) is 5.00 Å². The summed E-state index contributed by atoms with van der Waals surface area (Å²) in [6.07, 6.45) is 7.50. The van der Waals surface area contributed by atoms with Gasteiger partial charge < -0.3 is 20.1 Å². The van der Waals surface area contributed by atoms with Crippen molar-refractivity contribution in [1.82, 2.24) is 5.32 Å². The number of benzene rings is 1. The van der Waals surface area contributed by atoms with Crippen LogP contribution in [0.5, 0.6) is 0 Å². The zero-order chi connectivity index (χ0) is 20.9. The molecule has 1 saturated carbocycles. The van der Waals surface area contributed by atoms with Gasteiger partial charge >= 0.3 is 0 Å². The predicted octanol–water partition coefficient (Wildman–Crippen LogP) is 4.56. The standard InChI is InChI=1S/C18H19ClN2O3S.C5H10/c19-12-3-1-11(2-4-12)13-9-20-17(23)16-15(13)14(10-22)18(25-16)21-5-7-24-8-6-21;1-2-4-5-3-1/h1-4,13,22H,5-10H2,(H,20,23);1-5H2. The SMILES string of the molecule is C1CCCC1.O=C1NCC(c2ccc(Cl)cc2)c2c1sc(N1CCOCC1)c2CO. The largest absolute Gasteiger partial charge is 0.392 e. The predicted molar refractivity (Wildman–Crippen MR) is 122 cm³/mol. The molecule has 3 heterocycles. The van der Waals surface area contributed by atoms with Crippen LogP contribution in [0.15, 0.2) is 24.3 Å². The van der Waals surface area contributed by atoms with E-state index in [1.807, 2.05) is 24.3 Å². The maximum atomic E-state index is 12.4. The molecule has 1 aromatic carbocycles. The first-order valence-electron chi connectivity index (χ1n) is 10.8. The fourth-order valence-corrected chi connectivity index (χ4v) is 5.89. The summed E-state index contributed by atoms with van der Waals surface area (Å²) in [6, 6.07) is 7.70. The number of morpholine rings is 1. The molecule has 2 aliphatic heterocycles. The molecule has 5 rings (SSSR count). The van der Waals surface area contributed by atoms with Gasteiger partial charge in [-0.15, -0.1) is 11.3 Å². The number of carbonyl (C=O) groups is 1. The van der Waals surface area contributed by atoms with Gasteiger partial charge in [0.1, 0.15) is 0 Å². The lowest BCUT2D eigenvalue weighted by Crippen LogP contribution is -2.36. The molecule has 7 heteroatoms. The van der Waals surface area contributed by atoms with Gasteiger partial charge in [-0.05, 0) is 23.3 Å². The van der Waals surface area contributed by atoms with Gasteiger partial charge in [-0.1, -0.05) is 55.8 Å². The van der Waals surface area contributed by atoms with Crippen LogP contribution in [0, 0.1) is 0 Å². The number of ether oxygens (including phenoxy) is 1. The van der Waals surface area contributed by atoms with Gasteiger partial charge in [-0.2, -0.15) is 0 Å². The van der Waals surface area contributed by atoms with Crippen molar-refractivity contribution in [3.8, 4) is 0 Å². The summed E-state index contributed by atoms with van der Waals surface area (Å²) in [7, 11) is 0. The van der Waals surface area contributed by atoms with Crippen molar-refractivity contribution in [1.29, 1.82) is 0 Å². The highest BCUT2D eigenvalue weighted by atomic mass is 35.5. The normalized spacial score (nSPS) is 20.9. The smallest absolute Gasteiger partial charge is 0.261 e. The van der Waals surface area contributed by atoms with Gasteiger partial charge in [0, 0.05) is 36.1 Å². The van der Waals surface area contributed by atoms with Crippen molar-refractivity contribution in [2.24, 2.45) is 0 Å². The van der Waals surface area contributed by atoms with Crippen LogP contribution in [0.1, 0.15) is 64.4 Å². The molecule has 2 fully saturated rings. The van der Waals surface area contributed by atoms with E-state index in [1.54, 1.807) is 0 Å². The Hall–Kier alpha value is -1.60. The summed E-state index contributed by atoms with van der Waals surface area (Å²) >= 11 is 7.49. The first-order valence-corrected chi connectivity index (χ1v) is 12.0. The molecule has 1 atom stereocenters. The number of carbonyl (C=O) groups excluding carboxylic acids is 1. The first-order chi connectivity index (χ1) is 14.7. The third-order valence-electron chi connectivity index (χ3n) is 6.03. The second-order valence-corrected chi connectivity index (χ2v) is 9.40. The molecule has 1 saturated heterocycles. The highest BCUT2D eigenvalue weighted by Gasteiger charge is 2.34. The second-order valence-electron chi connectivity index (χ2n) is 7.97.